The molecule has 3 nitrogen and oxygen atoms in total. The van der Waals surface area contributed by atoms with E-state index in [1.54, 1.807) is 0 Å². The molecule has 0 aromatic carbocycles. The van der Waals surface area contributed by atoms with Gasteiger partial charge in [-0.25, -0.2) is 0 Å². The van der Waals surface area contributed by atoms with Crippen molar-refractivity contribution in [3.63, 3.8) is 0 Å². The Balaban J connectivity index is 0. The zero-order chi connectivity index (χ0) is 12.7. The van der Waals surface area contributed by atoms with Gasteiger partial charge in [0, 0.05) is 25.0 Å². The van der Waals surface area contributed by atoms with Crippen molar-refractivity contribution in [2.75, 3.05) is 13.1 Å². The van der Waals surface area contributed by atoms with Crippen molar-refractivity contribution in [3.05, 3.63) is 0 Å². The maximum atomic E-state index is 12.2. The SMILES string of the molecule is CCC(CC)N(CC(C)C)C(=O)C(C)CN.Cl. The van der Waals surface area contributed by atoms with Crippen LogP contribution in [-0.2, 0) is 4.79 Å². The lowest BCUT2D eigenvalue weighted by Crippen LogP contribution is -2.45. The third-order valence-electron chi connectivity index (χ3n) is 3.00. The third kappa shape index (κ3) is 6.27. The van der Waals surface area contributed by atoms with E-state index in [4.69, 9.17) is 5.73 Å². The molecule has 0 aliphatic rings. The molecule has 0 aliphatic carbocycles. The van der Waals surface area contributed by atoms with Crippen molar-refractivity contribution in [3.8, 4) is 0 Å². The van der Waals surface area contributed by atoms with Gasteiger partial charge in [-0.3, -0.25) is 4.79 Å². The molecule has 2 N–H and O–H groups in total. The van der Waals surface area contributed by atoms with E-state index >= 15 is 0 Å². The maximum Gasteiger partial charge on any atom is 0.226 e. The van der Waals surface area contributed by atoms with Crippen LogP contribution in [0.1, 0.15) is 47.5 Å². The van der Waals surface area contributed by atoms with Crippen molar-refractivity contribution in [2.24, 2.45) is 17.6 Å². The topological polar surface area (TPSA) is 46.3 Å². The first-order chi connectivity index (χ1) is 7.47. The molecule has 0 saturated heterocycles. The Morgan fingerprint density at radius 1 is 1.18 bits per heavy atom. The molecule has 0 rings (SSSR count). The number of carbonyl (C=O) groups is 1. The van der Waals surface area contributed by atoms with E-state index in [9.17, 15) is 4.79 Å². The molecule has 0 radical (unpaired) electrons. The summed E-state index contributed by atoms with van der Waals surface area (Å²) in [6, 6.07) is 0.365. The smallest absolute Gasteiger partial charge is 0.226 e. The van der Waals surface area contributed by atoms with E-state index in [0.717, 1.165) is 19.4 Å². The Bertz CT molecular complexity index is 206. The van der Waals surface area contributed by atoms with Crippen LogP contribution < -0.4 is 5.73 Å². The highest BCUT2D eigenvalue weighted by Crippen LogP contribution is 2.14. The van der Waals surface area contributed by atoms with Crippen LogP contribution in [0, 0.1) is 11.8 Å². The van der Waals surface area contributed by atoms with Gasteiger partial charge in [0.2, 0.25) is 5.91 Å². The summed E-state index contributed by atoms with van der Waals surface area (Å²) in [5, 5.41) is 0. The minimum atomic E-state index is -0.0562. The van der Waals surface area contributed by atoms with Gasteiger partial charge in [-0.1, -0.05) is 34.6 Å². The summed E-state index contributed by atoms with van der Waals surface area (Å²) in [6.07, 6.45) is 2.04. The normalized spacial score (nSPS) is 12.5. The van der Waals surface area contributed by atoms with Crippen molar-refractivity contribution in [1.29, 1.82) is 0 Å². The van der Waals surface area contributed by atoms with Gasteiger partial charge in [0.05, 0.1) is 0 Å². The first-order valence-corrected chi connectivity index (χ1v) is 6.48. The molecular formula is C13H29ClN2O. The average molecular weight is 265 g/mol. The summed E-state index contributed by atoms with van der Waals surface area (Å²) in [4.78, 5) is 14.2. The summed E-state index contributed by atoms with van der Waals surface area (Å²) >= 11 is 0. The first-order valence-electron chi connectivity index (χ1n) is 6.48. The van der Waals surface area contributed by atoms with Gasteiger partial charge in [-0.05, 0) is 18.8 Å². The van der Waals surface area contributed by atoms with Crippen molar-refractivity contribution in [1.82, 2.24) is 4.90 Å². The number of hydrogen-bond donors (Lipinski definition) is 1. The zero-order valence-electron chi connectivity index (χ0n) is 11.9. The maximum absolute atomic E-state index is 12.2. The molecule has 0 spiro atoms. The number of carbonyl (C=O) groups excluding carboxylic acids is 1. The predicted molar refractivity (Wildman–Crippen MR) is 76.4 cm³/mol. The fourth-order valence-electron chi connectivity index (χ4n) is 1.93. The molecule has 17 heavy (non-hydrogen) atoms. The number of nitrogens with two attached hydrogens (primary N) is 1. The van der Waals surface area contributed by atoms with Crippen LogP contribution in [0.25, 0.3) is 0 Å². The van der Waals surface area contributed by atoms with Gasteiger partial charge in [0.1, 0.15) is 0 Å². The lowest BCUT2D eigenvalue weighted by Gasteiger charge is -2.34. The Morgan fingerprint density at radius 2 is 1.65 bits per heavy atom. The summed E-state index contributed by atoms with van der Waals surface area (Å²) in [5.74, 6) is 0.666. The fraction of sp³-hybridized carbons (Fsp3) is 0.923. The molecule has 0 aromatic rings. The predicted octanol–water partition coefficient (Wildman–Crippen LogP) is 2.68. The van der Waals surface area contributed by atoms with E-state index in [2.05, 4.69) is 27.7 Å². The molecule has 1 unspecified atom stereocenters. The third-order valence-corrected chi connectivity index (χ3v) is 3.00. The Hall–Kier alpha value is -0.280. The first kappa shape index (κ1) is 19.1. The number of halogens is 1. The molecular weight excluding hydrogens is 236 g/mol. The van der Waals surface area contributed by atoms with Crippen molar-refractivity contribution in [2.45, 2.75) is 53.5 Å². The van der Waals surface area contributed by atoms with Gasteiger partial charge >= 0.3 is 0 Å². The zero-order valence-corrected chi connectivity index (χ0v) is 12.7. The van der Waals surface area contributed by atoms with Crippen LogP contribution >= 0.6 is 12.4 Å². The van der Waals surface area contributed by atoms with Crippen LogP contribution in [0.3, 0.4) is 0 Å². The number of rotatable bonds is 7. The molecule has 0 saturated carbocycles. The molecule has 0 heterocycles. The summed E-state index contributed by atoms with van der Waals surface area (Å²) in [6.45, 7) is 11.8. The molecule has 0 aromatic heterocycles. The second-order valence-corrected chi connectivity index (χ2v) is 4.99. The minimum Gasteiger partial charge on any atom is -0.339 e. The monoisotopic (exact) mass is 264 g/mol. The summed E-state index contributed by atoms with van der Waals surface area (Å²) in [7, 11) is 0. The number of amides is 1. The van der Waals surface area contributed by atoms with Gasteiger partial charge in [0.15, 0.2) is 0 Å². The number of nitrogens with zero attached hydrogens (tertiary/aromatic N) is 1. The van der Waals surface area contributed by atoms with E-state index < -0.39 is 0 Å². The second kappa shape index (κ2) is 9.72. The molecule has 0 aliphatic heterocycles. The minimum absolute atomic E-state index is 0. The summed E-state index contributed by atoms with van der Waals surface area (Å²) in [5.41, 5.74) is 5.58. The molecule has 4 heteroatoms. The average Bonchev–Trinajstić information content (AvgIpc) is 2.26. The fourth-order valence-corrected chi connectivity index (χ4v) is 1.93. The van der Waals surface area contributed by atoms with E-state index in [1.807, 2.05) is 11.8 Å². The lowest BCUT2D eigenvalue weighted by atomic mass is 10.0. The van der Waals surface area contributed by atoms with Crippen LogP contribution in [0.2, 0.25) is 0 Å². The molecule has 1 atom stereocenters. The highest BCUT2D eigenvalue weighted by Gasteiger charge is 2.25. The van der Waals surface area contributed by atoms with Crippen LogP contribution in [0.5, 0.6) is 0 Å². The number of hydrogen-bond acceptors (Lipinski definition) is 2. The highest BCUT2D eigenvalue weighted by atomic mass is 35.5. The Labute approximate surface area is 113 Å². The largest absolute Gasteiger partial charge is 0.339 e. The lowest BCUT2D eigenvalue weighted by molar-refractivity contribution is -0.137. The molecule has 104 valence electrons. The summed E-state index contributed by atoms with van der Waals surface area (Å²) < 4.78 is 0. The molecule has 1 amide bonds. The Morgan fingerprint density at radius 3 is 1.94 bits per heavy atom. The standard InChI is InChI=1S/C13H28N2O.ClH/c1-6-12(7-2)15(9-10(3)4)13(16)11(5)8-14;/h10-12H,6-9,14H2,1-5H3;1H. The Kier molecular flexibility index (Phi) is 10.9. The van der Waals surface area contributed by atoms with E-state index in [-0.39, 0.29) is 24.2 Å². The van der Waals surface area contributed by atoms with E-state index in [1.165, 1.54) is 0 Å². The quantitative estimate of drug-likeness (QED) is 0.769. The molecule has 0 bridgehead atoms. The molecule has 0 fully saturated rings. The van der Waals surface area contributed by atoms with Gasteiger partial charge in [0.25, 0.3) is 0 Å². The van der Waals surface area contributed by atoms with Crippen LogP contribution in [0.15, 0.2) is 0 Å². The van der Waals surface area contributed by atoms with Crippen molar-refractivity contribution < 1.29 is 4.79 Å². The van der Waals surface area contributed by atoms with E-state index in [0.29, 0.717) is 18.5 Å². The second-order valence-electron chi connectivity index (χ2n) is 4.99. The van der Waals surface area contributed by atoms with Gasteiger partial charge < -0.3 is 10.6 Å². The van der Waals surface area contributed by atoms with Crippen LogP contribution in [0.4, 0.5) is 0 Å². The van der Waals surface area contributed by atoms with Crippen LogP contribution in [-0.4, -0.2) is 29.9 Å². The van der Waals surface area contributed by atoms with Gasteiger partial charge in [-0.2, -0.15) is 0 Å². The van der Waals surface area contributed by atoms with Gasteiger partial charge in [-0.15, -0.1) is 12.4 Å². The highest BCUT2D eigenvalue weighted by molar-refractivity contribution is 5.85. The van der Waals surface area contributed by atoms with Crippen molar-refractivity contribution >= 4 is 18.3 Å².